The minimum absolute atomic E-state index is 0.0674. The molecule has 124 valence electrons. The number of nitrogens with zero attached hydrogens (tertiary/aromatic N) is 7. The van der Waals surface area contributed by atoms with Crippen molar-refractivity contribution in [3.63, 3.8) is 0 Å². The molecule has 4 rings (SSSR count). The van der Waals surface area contributed by atoms with E-state index < -0.39 is 5.54 Å². The number of nitrogens with one attached hydrogen (secondary N) is 1. The zero-order valence-corrected chi connectivity index (χ0v) is 13.2. The van der Waals surface area contributed by atoms with Gasteiger partial charge in [-0.1, -0.05) is 25.3 Å². The van der Waals surface area contributed by atoms with Crippen molar-refractivity contribution in [2.75, 3.05) is 0 Å². The van der Waals surface area contributed by atoms with Crippen LogP contribution in [0.25, 0.3) is 5.65 Å². The molecule has 1 aliphatic carbocycles. The van der Waals surface area contributed by atoms with E-state index in [0.717, 1.165) is 37.8 Å². The number of hydrogen-bond acceptors (Lipinski definition) is 6. The molecular weight excluding hydrogens is 308 g/mol. The van der Waals surface area contributed by atoms with Crippen molar-refractivity contribution in [2.24, 2.45) is 0 Å². The van der Waals surface area contributed by atoms with Crippen LogP contribution in [0.1, 0.15) is 37.9 Å². The molecule has 0 aliphatic heterocycles. The lowest BCUT2D eigenvalue weighted by Crippen LogP contribution is -2.50. The SMILES string of the molecule is O=C(NCc1nnc2ccccn12)C1(n2cnnn2)CCCCC1. The molecule has 9 heteroatoms. The van der Waals surface area contributed by atoms with E-state index in [9.17, 15) is 4.79 Å². The second-order valence-electron chi connectivity index (χ2n) is 6.07. The number of amides is 1. The maximum atomic E-state index is 13.0. The van der Waals surface area contributed by atoms with Crippen molar-refractivity contribution in [1.82, 2.24) is 40.1 Å². The summed E-state index contributed by atoms with van der Waals surface area (Å²) in [5.74, 6) is 0.629. The second-order valence-corrected chi connectivity index (χ2v) is 6.07. The number of tetrazole rings is 1. The van der Waals surface area contributed by atoms with Gasteiger partial charge in [0.15, 0.2) is 11.5 Å². The van der Waals surface area contributed by atoms with Crippen LogP contribution in [-0.2, 0) is 16.9 Å². The molecule has 1 aliphatic rings. The molecule has 0 saturated heterocycles. The Morgan fingerprint density at radius 2 is 2.08 bits per heavy atom. The van der Waals surface area contributed by atoms with Gasteiger partial charge >= 0.3 is 0 Å². The summed E-state index contributed by atoms with van der Waals surface area (Å²) in [6.07, 6.45) is 8.00. The van der Waals surface area contributed by atoms with Gasteiger partial charge in [0, 0.05) is 6.20 Å². The fourth-order valence-corrected chi connectivity index (χ4v) is 3.39. The number of rotatable bonds is 4. The molecule has 0 aromatic carbocycles. The largest absolute Gasteiger partial charge is 0.347 e. The van der Waals surface area contributed by atoms with E-state index >= 15 is 0 Å². The first-order valence-electron chi connectivity index (χ1n) is 8.10. The Hall–Kier alpha value is -2.84. The lowest BCUT2D eigenvalue weighted by atomic mass is 9.81. The van der Waals surface area contributed by atoms with Crippen LogP contribution in [-0.4, -0.2) is 40.7 Å². The van der Waals surface area contributed by atoms with Crippen LogP contribution < -0.4 is 5.32 Å². The number of hydrogen-bond donors (Lipinski definition) is 1. The summed E-state index contributed by atoms with van der Waals surface area (Å²) in [5.41, 5.74) is 0.0528. The molecular formula is C15H18N8O. The van der Waals surface area contributed by atoms with Gasteiger partial charge in [0.2, 0.25) is 5.91 Å². The third-order valence-electron chi connectivity index (χ3n) is 4.68. The Morgan fingerprint density at radius 1 is 1.21 bits per heavy atom. The molecule has 0 spiro atoms. The molecule has 9 nitrogen and oxygen atoms in total. The minimum Gasteiger partial charge on any atom is -0.347 e. The normalized spacial score (nSPS) is 17.0. The molecule has 3 heterocycles. The fourth-order valence-electron chi connectivity index (χ4n) is 3.39. The molecule has 3 aromatic heterocycles. The van der Waals surface area contributed by atoms with Crippen LogP contribution in [0.2, 0.25) is 0 Å². The molecule has 3 aromatic rings. The summed E-state index contributed by atoms with van der Waals surface area (Å²) in [4.78, 5) is 13.0. The van der Waals surface area contributed by atoms with E-state index in [1.165, 1.54) is 6.33 Å². The first-order valence-corrected chi connectivity index (χ1v) is 8.10. The lowest BCUT2D eigenvalue weighted by molar-refractivity contribution is -0.132. The summed E-state index contributed by atoms with van der Waals surface area (Å²) < 4.78 is 3.47. The second kappa shape index (κ2) is 5.99. The van der Waals surface area contributed by atoms with Gasteiger partial charge in [-0.05, 0) is 35.4 Å². The Balaban J connectivity index is 1.55. The van der Waals surface area contributed by atoms with E-state index in [0.29, 0.717) is 12.4 Å². The van der Waals surface area contributed by atoms with Crippen LogP contribution in [0.3, 0.4) is 0 Å². The third kappa shape index (κ3) is 2.41. The van der Waals surface area contributed by atoms with E-state index in [1.54, 1.807) is 4.68 Å². The van der Waals surface area contributed by atoms with Crippen molar-refractivity contribution in [2.45, 2.75) is 44.2 Å². The van der Waals surface area contributed by atoms with Gasteiger partial charge < -0.3 is 5.32 Å². The smallest absolute Gasteiger partial charge is 0.248 e. The highest BCUT2D eigenvalue weighted by Gasteiger charge is 2.42. The maximum absolute atomic E-state index is 13.0. The molecule has 0 atom stereocenters. The Bertz CT molecular complexity index is 834. The topological polar surface area (TPSA) is 103 Å². The fraction of sp³-hybridized carbons (Fsp3) is 0.467. The first kappa shape index (κ1) is 14.7. The quantitative estimate of drug-likeness (QED) is 0.757. The number of fused-ring (bicyclic) bond motifs is 1. The zero-order valence-electron chi connectivity index (χ0n) is 13.2. The average molecular weight is 326 g/mol. The molecule has 1 amide bonds. The lowest BCUT2D eigenvalue weighted by Gasteiger charge is -2.34. The van der Waals surface area contributed by atoms with Crippen LogP contribution in [0, 0.1) is 0 Å². The van der Waals surface area contributed by atoms with Crippen molar-refractivity contribution in [3.8, 4) is 0 Å². The summed E-state index contributed by atoms with van der Waals surface area (Å²) in [6.45, 7) is 0.313. The summed E-state index contributed by atoms with van der Waals surface area (Å²) in [7, 11) is 0. The first-order chi connectivity index (χ1) is 11.8. The Labute approximate surface area is 138 Å². The number of pyridine rings is 1. The van der Waals surface area contributed by atoms with Crippen LogP contribution >= 0.6 is 0 Å². The summed E-state index contributed by atoms with van der Waals surface area (Å²) in [5, 5.41) is 22.6. The standard InChI is InChI=1S/C15H18N8O/c24-14(15(7-3-1-4-8-15)23-11-17-20-21-23)16-10-13-19-18-12-6-2-5-9-22(12)13/h2,5-6,9,11H,1,3-4,7-8,10H2,(H,16,24). The van der Waals surface area contributed by atoms with Crippen molar-refractivity contribution in [1.29, 1.82) is 0 Å². The van der Waals surface area contributed by atoms with Gasteiger partial charge in [0.05, 0.1) is 6.54 Å². The molecule has 0 unspecified atom stereocenters. The molecule has 0 bridgehead atoms. The Kier molecular flexibility index (Phi) is 3.68. The highest BCUT2D eigenvalue weighted by molar-refractivity contribution is 5.84. The third-order valence-corrected chi connectivity index (χ3v) is 4.68. The molecule has 0 radical (unpaired) electrons. The van der Waals surface area contributed by atoms with E-state index in [1.807, 2.05) is 28.8 Å². The van der Waals surface area contributed by atoms with Gasteiger partial charge in [-0.3, -0.25) is 9.20 Å². The number of carbonyl (C=O) groups excluding carboxylic acids is 1. The monoisotopic (exact) mass is 326 g/mol. The number of carbonyl (C=O) groups is 1. The van der Waals surface area contributed by atoms with Crippen molar-refractivity contribution < 1.29 is 4.79 Å². The zero-order chi connectivity index (χ0) is 16.4. The predicted molar refractivity (Wildman–Crippen MR) is 83.7 cm³/mol. The Morgan fingerprint density at radius 3 is 2.88 bits per heavy atom. The van der Waals surface area contributed by atoms with Crippen LogP contribution in [0.4, 0.5) is 0 Å². The van der Waals surface area contributed by atoms with Gasteiger partial charge in [-0.15, -0.1) is 15.3 Å². The van der Waals surface area contributed by atoms with Crippen molar-refractivity contribution >= 4 is 11.6 Å². The molecule has 1 N–H and O–H groups in total. The van der Waals surface area contributed by atoms with E-state index in [2.05, 4.69) is 31.0 Å². The highest BCUT2D eigenvalue weighted by atomic mass is 16.2. The van der Waals surface area contributed by atoms with Gasteiger partial charge in [-0.25, -0.2) is 4.68 Å². The molecule has 24 heavy (non-hydrogen) atoms. The summed E-state index contributed by atoms with van der Waals surface area (Å²) in [6, 6.07) is 5.69. The van der Waals surface area contributed by atoms with Crippen molar-refractivity contribution in [3.05, 3.63) is 36.5 Å². The predicted octanol–water partition coefficient (Wildman–Crippen LogP) is 0.692. The van der Waals surface area contributed by atoms with Gasteiger partial charge in [0.1, 0.15) is 11.9 Å². The minimum atomic E-state index is -0.706. The highest BCUT2D eigenvalue weighted by Crippen LogP contribution is 2.34. The van der Waals surface area contributed by atoms with Gasteiger partial charge in [-0.2, -0.15) is 0 Å². The van der Waals surface area contributed by atoms with Crippen LogP contribution in [0.15, 0.2) is 30.7 Å². The van der Waals surface area contributed by atoms with E-state index in [-0.39, 0.29) is 5.91 Å². The van der Waals surface area contributed by atoms with E-state index in [4.69, 9.17) is 0 Å². The van der Waals surface area contributed by atoms with Gasteiger partial charge in [0.25, 0.3) is 0 Å². The van der Waals surface area contributed by atoms with Crippen LogP contribution in [0.5, 0.6) is 0 Å². The average Bonchev–Trinajstić information content (AvgIpc) is 3.30. The number of aromatic nitrogens is 7. The molecule has 1 fully saturated rings. The molecule has 1 saturated carbocycles. The maximum Gasteiger partial charge on any atom is 0.248 e. The summed E-state index contributed by atoms with van der Waals surface area (Å²) >= 11 is 0.